The second-order valence-electron chi connectivity index (χ2n) is 7.25. The van der Waals surface area contributed by atoms with Crippen molar-refractivity contribution in [2.45, 2.75) is 26.7 Å². The Morgan fingerprint density at radius 3 is 2.74 bits per heavy atom. The molecular formula is C22H26N2O3. The summed E-state index contributed by atoms with van der Waals surface area (Å²) in [6.07, 6.45) is 1.79. The van der Waals surface area contributed by atoms with Crippen LogP contribution < -0.4 is 10.5 Å². The number of likely N-dealkylation sites (tertiary alicyclic amines) is 1. The van der Waals surface area contributed by atoms with E-state index in [0.29, 0.717) is 11.5 Å². The number of aryl methyl sites for hydroxylation is 1. The van der Waals surface area contributed by atoms with Crippen LogP contribution in [0.2, 0.25) is 0 Å². The molecule has 142 valence electrons. The van der Waals surface area contributed by atoms with Crippen molar-refractivity contribution in [1.82, 2.24) is 4.90 Å². The molecule has 2 aromatic rings. The van der Waals surface area contributed by atoms with Crippen LogP contribution in [0.3, 0.4) is 0 Å². The predicted octanol–water partition coefficient (Wildman–Crippen LogP) is 2.87. The number of hydrogen-bond donors (Lipinski definition) is 1. The predicted molar refractivity (Wildman–Crippen MR) is 105 cm³/mol. The number of nitrogens with zero attached hydrogens (tertiary/aromatic N) is 1. The first-order chi connectivity index (χ1) is 12.9. The first-order valence-electron chi connectivity index (χ1n) is 9.29. The highest BCUT2D eigenvalue weighted by atomic mass is 16.5. The molecule has 0 aromatic heterocycles. The Hall–Kier alpha value is -2.82. The van der Waals surface area contributed by atoms with Gasteiger partial charge in [-0.05, 0) is 67.5 Å². The minimum absolute atomic E-state index is 0.0179. The fourth-order valence-corrected chi connectivity index (χ4v) is 3.52. The Labute approximate surface area is 160 Å². The van der Waals surface area contributed by atoms with Crippen molar-refractivity contribution in [3.8, 4) is 5.75 Å². The van der Waals surface area contributed by atoms with Crippen LogP contribution in [0.15, 0.2) is 42.5 Å². The second-order valence-corrected chi connectivity index (χ2v) is 7.25. The van der Waals surface area contributed by atoms with Crippen molar-refractivity contribution < 1.29 is 14.3 Å². The summed E-state index contributed by atoms with van der Waals surface area (Å²) >= 11 is 0. The molecule has 3 rings (SSSR count). The SMILES string of the molecule is Cc1cccc(OCC(=O)N2CC[C@H](Cc3cccc(C(N)=O)c3)C2)c1C. The third-order valence-electron chi connectivity index (χ3n) is 5.28. The van der Waals surface area contributed by atoms with Gasteiger partial charge < -0.3 is 15.4 Å². The Morgan fingerprint density at radius 2 is 1.96 bits per heavy atom. The van der Waals surface area contributed by atoms with Gasteiger partial charge in [-0.25, -0.2) is 0 Å². The highest BCUT2D eigenvalue weighted by molar-refractivity contribution is 5.92. The van der Waals surface area contributed by atoms with E-state index in [9.17, 15) is 9.59 Å². The summed E-state index contributed by atoms with van der Waals surface area (Å²) < 4.78 is 5.74. The van der Waals surface area contributed by atoms with Crippen molar-refractivity contribution in [2.24, 2.45) is 11.7 Å². The van der Waals surface area contributed by atoms with Gasteiger partial charge in [-0.15, -0.1) is 0 Å². The molecule has 1 heterocycles. The van der Waals surface area contributed by atoms with Crippen LogP contribution in [0, 0.1) is 19.8 Å². The lowest BCUT2D eigenvalue weighted by atomic mass is 9.97. The van der Waals surface area contributed by atoms with Gasteiger partial charge in [0.1, 0.15) is 5.75 Å². The summed E-state index contributed by atoms with van der Waals surface area (Å²) in [6, 6.07) is 13.3. The van der Waals surface area contributed by atoms with Crippen molar-refractivity contribution in [2.75, 3.05) is 19.7 Å². The van der Waals surface area contributed by atoms with Crippen molar-refractivity contribution >= 4 is 11.8 Å². The Bertz CT molecular complexity index is 847. The molecule has 5 heteroatoms. The van der Waals surface area contributed by atoms with Gasteiger partial charge in [0.2, 0.25) is 5.91 Å². The monoisotopic (exact) mass is 366 g/mol. The van der Waals surface area contributed by atoms with E-state index in [2.05, 4.69) is 0 Å². The van der Waals surface area contributed by atoms with Crippen LogP contribution in [0.1, 0.15) is 33.5 Å². The van der Waals surface area contributed by atoms with Gasteiger partial charge in [-0.1, -0.05) is 24.3 Å². The first-order valence-corrected chi connectivity index (χ1v) is 9.29. The number of rotatable bonds is 6. The number of nitrogens with two attached hydrogens (primary N) is 1. The Balaban J connectivity index is 1.53. The molecule has 2 aromatic carbocycles. The van der Waals surface area contributed by atoms with Crippen molar-refractivity contribution in [1.29, 1.82) is 0 Å². The zero-order valence-electron chi connectivity index (χ0n) is 15.9. The Kier molecular flexibility index (Phi) is 5.79. The van der Waals surface area contributed by atoms with E-state index < -0.39 is 5.91 Å². The molecule has 0 radical (unpaired) electrons. The van der Waals surface area contributed by atoms with Gasteiger partial charge >= 0.3 is 0 Å². The average Bonchev–Trinajstić information content (AvgIpc) is 3.11. The van der Waals surface area contributed by atoms with Crippen LogP contribution in [0.5, 0.6) is 5.75 Å². The number of benzene rings is 2. The number of carbonyl (C=O) groups is 2. The van der Waals surface area contributed by atoms with Crippen LogP contribution in [-0.4, -0.2) is 36.4 Å². The standard InChI is InChI=1S/C22H26N2O3/c1-15-5-3-8-20(16(15)2)27-14-21(25)24-10-9-18(13-24)11-17-6-4-7-19(12-17)22(23)26/h3-8,12,18H,9-11,13-14H2,1-2H3,(H2,23,26)/t18-/m1/s1. The third kappa shape index (κ3) is 4.67. The highest BCUT2D eigenvalue weighted by Crippen LogP contribution is 2.23. The molecule has 2 amide bonds. The van der Waals surface area contributed by atoms with Crippen molar-refractivity contribution in [3.63, 3.8) is 0 Å². The molecule has 1 saturated heterocycles. The molecule has 1 atom stereocenters. The molecule has 27 heavy (non-hydrogen) atoms. The third-order valence-corrected chi connectivity index (χ3v) is 5.28. The minimum atomic E-state index is -0.413. The van der Waals surface area contributed by atoms with E-state index in [4.69, 9.17) is 10.5 Å². The number of amides is 2. The molecule has 0 saturated carbocycles. The van der Waals surface area contributed by atoms with E-state index in [0.717, 1.165) is 48.4 Å². The summed E-state index contributed by atoms with van der Waals surface area (Å²) in [4.78, 5) is 25.7. The topological polar surface area (TPSA) is 72.6 Å². The molecule has 2 N–H and O–H groups in total. The zero-order valence-corrected chi connectivity index (χ0v) is 15.9. The lowest BCUT2D eigenvalue weighted by molar-refractivity contribution is -0.132. The van der Waals surface area contributed by atoms with Gasteiger partial charge in [-0.3, -0.25) is 9.59 Å². The molecule has 0 bridgehead atoms. The van der Waals surface area contributed by atoms with E-state index in [1.165, 1.54) is 0 Å². The van der Waals surface area contributed by atoms with Crippen LogP contribution in [-0.2, 0) is 11.2 Å². The smallest absolute Gasteiger partial charge is 0.260 e. The fraction of sp³-hybridized carbons (Fsp3) is 0.364. The molecule has 0 aliphatic carbocycles. The summed E-state index contributed by atoms with van der Waals surface area (Å²) in [7, 11) is 0. The molecular weight excluding hydrogens is 340 g/mol. The fourth-order valence-electron chi connectivity index (χ4n) is 3.52. The van der Waals surface area contributed by atoms with Gasteiger partial charge in [0.25, 0.3) is 5.91 Å². The van der Waals surface area contributed by atoms with Crippen molar-refractivity contribution in [3.05, 3.63) is 64.7 Å². The number of primary amides is 1. The van der Waals surface area contributed by atoms with Crippen LogP contribution >= 0.6 is 0 Å². The summed E-state index contributed by atoms with van der Waals surface area (Å²) in [5, 5.41) is 0. The lowest BCUT2D eigenvalue weighted by Gasteiger charge is -2.18. The zero-order chi connectivity index (χ0) is 19.4. The minimum Gasteiger partial charge on any atom is -0.483 e. The average molecular weight is 366 g/mol. The molecule has 1 fully saturated rings. The second kappa shape index (κ2) is 8.25. The number of ether oxygens (including phenoxy) is 1. The van der Waals surface area contributed by atoms with Gasteiger partial charge in [0, 0.05) is 18.7 Å². The highest BCUT2D eigenvalue weighted by Gasteiger charge is 2.26. The summed E-state index contributed by atoms with van der Waals surface area (Å²) in [5.74, 6) is 0.758. The molecule has 5 nitrogen and oxygen atoms in total. The maximum atomic E-state index is 12.5. The van der Waals surface area contributed by atoms with E-state index in [-0.39, 0.29) is 12.5 Å². The molecule has 1 aliphatic heterocycles. The lowest BCUT2D eigenvalue weighted by Crippen LogP contribution is -2.33. The molecule has 1 aliphatic rings. The van der Waals surface area contributed by atoms with Gasteiger partial charge in [-0.2, -0.15) is 0 Å². The Morgan fingerprint density at radius 1 is 1.19 bits per heavy atom. The largest absolute Gasteiger partial charge is 0.483 e. The van der Waals surface area contributed by atoms with Crippen LogP contribution in [0.25, 0.3) is 0 Å². The maximum absolute atomic E-state index is 12.5. The molecule has 0 unspecified atom stereocenters. The normalized spacial score (nSPS) is 16.4. The van der Waals surface area contributed by atoms with Gasteiger partial charge in [0.15, 0.2) is 6.61 Å². The first kappa shape index (κ1) is 19.0. The summed E-state index contributed by atoms with van der Waals surface area (Å²) in [5.41, 5.74) is 9.18. The van der Waals surface area contributed by atoms with Gasteiger partial charge in [0.05, 0.1) is 0 Å². The quantitative estimate of drug-likeness (QED) is 0.854. The van der Waals surface area contributed by atoms with E-state index >= 15 is 0 Å². The maximum Gasteiger partial charge on any atom is 0.260 e. The van der Waals surface area contributed by atoms with Crippen LogP contribution in [0.4, 0.5) is 0 Å². The molecule has 0 spiro atoms. The van der Waals surface area contributed by atoms with E-state index in [1.807, 2.05) is 55.1 Å². The number of carbonyl (C=O) groups excluding carboxylic acids is 2. The summed E-state index contributed by atoms with van der Waals surface area (Å²) in [6.45, 7) is 5.56. The van der Waals surface area contributed by atoms with E-state index in [1.54, 1.807) is 6.07 Å². The number of hydrogen-bond acceptors (Lipinski definition) is 3.